The van der Waals surface area contributed by atoms with Crippen LogP contribution in [-0.4, -0.2) is 19.9 Å². The third-order valence-electron chi connectivity index (χ3n) is 2.87. The molecule has 0 aliphatic heterocycles. The summed E-state index contributed by atoms with van der Waals surface area (Å²) in [6.45, 7) is 1.96. The van der Waals surface area contributed by atoms with E-state index in [2.05, 4.69) is 35.9 Å². The number of H-pyrrole nitrogens is 1. The zero-order valence-corrected chi connectivity index (χ0v) is 13.1. The molecule has 0 saturated heterocycles. The summed E-state index contributed by atoms with van der Waals surface area (Å²) in [5.74, 6) is 0. The lowest BCUT2D eigenvalue weighted by Gasteiger charge is -2.10. The van der Waals surface area contributed by atoms with Crippen molar-refractivity contribution >= 4 is 38.9 Å². The van der Waals surface area contributed by atoms with E-state index in [0.717, 1.165) is 25.5 Å². The van der Waals surface area contributed by atoms with Crippen molar-refractivity contribution in [2.24, 2.45) is 5.73 Å². The maximum absolute atomic E-state index is 5.91. The highest BCUT2D eigenvalue weighted by Gasteiger charge is 2.10. The number of benzene rings is 1. The number of hydrogen-bond acceptors (Lipinski definition) is 5. The molecule has 3 N–H and O–H groups in total. The van der Waals surface area contributed by atoms with Gasteiger partial charge in [-0.25, -0.2) is 15.0 Å². The van der Waals surface area contributed by atoms with Gasteiger partial charge in [-0.05, 0) is 24.6 Å². The average molecular weight is 350 g/mol. The summed E-state index contributed by atoms with van der Waals surface area (Å²) in [4.78, 5) is 16.7. The zero-order chi connectivity index (χ0) is 14.1. The summed E-state index contributed by atoms with van der Waals surface area (Å²) in [6.07, 6.45) is 3.15. The second-order valence-electron chi connectivity index (χ2n) is 4.35. The quantitative estimate of drug-likeness (QED) is 0.709. The predicted octanol–water partition coefficient (Wildman–Crippen LogP) is 3.29. The van der Waals surface area contributed by atoms with Crippen LogP contribution in [0.15, 0.2) is 45.2 Å². The second kappa shape index (κ2) is 5.51. The Morgan fingerprint density at radius 1 is 1.30 bits per heavy atom. The van der Waals surface area contributed by atoms with Crippen molar-refractivity contribution in [3.05, 3.63) is 40.9 Å². The lowest BCUT2D eigenvalue weighted by molar-refractivity contribution is 0.811. The van der Waals surface area contributed by atoms with Gasteiger partial charge in [0.1, 0.15) is 16.9 Å². The van der Waals surface area contributed by atoms with Crippen LogP contribution in [-0.2, 0) is 0 Å². The fraction of sp³-hybridized carbons (Fsp3) is 0.154. The van der Waals surface area contributed by atoms with Crippen molar-refractivity contribution in [3.63, 3.8) is 0 Å². The minimum Gasteiger partial charge on any atom is -0.341 e. The van der Waals surface area contributed by atoms with Crippen LogP contribution >= 0.6 is 27.7 Å². The molecule has 1 atom stereocenters. The number of fused-ring (bicyclic) bond motifs is 1. The van der Waals surface area contributed by atoms with Crippen molar-refractivity contribution in [1.29, 1.82) is 0 Å². The van der Waals surface area contributed by atoms with Crippen molar-refractivity contribution < 1.29 is 0 Å². The maximum Gasteiger partial charge on any atom is 0.181 e. The van der Waals surface area contributed by atoms with Crippen molar-refractivity contribution in [2.45, 2.75) is 22.9 Å². The summed E-state index contributed by atoms with van der Waals surface area (Å²) < 4.78 is 1.01. The minimum atomic E-state index is 0.00166. The zero-order valence-electron chi connectivity index (χ0n) is 10.7. The Bertz CT molecular complexity index is 755. The Hall–Kier alpha value is -1.44. The van der Waals surface area contributed by atoms with Crippen LogP contribution in [0.5, 0.6) is 0 Å². The summed E-state index contributed by atoms with van der Waals surface area (Å²) in [5, 5.41) is 0.855. The largest absolute Gasteiger partial charge is 0.341 e. The number of aromatic amines is 1. The van der Waals surface area contributed by atoms with Crippen molar-refractivity contribution in [2.75, 3.05) is 0 Å². The molecule has 0 spiro atoms. The van der Waals surface area contributed by atoms with Gasteiger partial charge in [-0.1, -0.05) is 33.8 Å². The highest BCUT2D eigenvalue weighted by molar-refractivity contribution is 9.10. The molecule has 0 radical (unpaired) electrons. The van der Waals surface area contributed by atoms with E-state index in [1.165, 1.54) is 6.33 Å². The van der Waals surface area contributed by atoms with Crippen molar-refractivity contribution in [1.82, 2.24) is 19.9 Å². The van der Waals surface area contributed by atoms with Crippen LogP contribution in [0.3, 0.4) is 0 Å². The molecule has 0 fully saturated rings. The summed E-state index contributed by atoms with van der Waals surface area (Å²) in [6, 6.07) is 6.12. The van der Waals surface area contributed by atoms with E-state index in [1.54, 1.807) is 18.1 Å². The van der Waals surface area contributed by atoms with Crippen molar-refractivity contribution in [3.8, 4) is 0 Å². The highest BCUT2D eigenvalue weighted by atomic mass is 79.9. The highest BCUT2D eigenvalue weighted by Crippen LogP contribution is 2.33. The third kappa shape index (κ3) is 2.56. The fourth-order valence-corrected chi connectivity index (χ4v) is 3.65. The Balaban J connectivity index is 1.95. The topological polar surface area (TPSA) is 80.5 Å². The summed E-state index contributed by atoms with van der Waals surface area (Å²) in [7, 11) is 0. The molecule has 0 unspecified atom stereocenters. The third-order valence-corrected chi connectivity index (χ3v) is 4.54. The number of nitrogens with one attached hydrogen (secondary N) is 1. The molecule has 0 aliphatic rings. The first-order valence-electron chi connectivity index (χ1n) is 6.02. The molecule has 102 valence electrons. The Labute approximate surface area is 128 Å². The van der Waals surface area contributed by atoms with Gasteiger partial charge in [0.15, 0.2) is 5.65 Å². The monoisotopic (exact) mass is 349 g/mol. The lowest BCUT2D eigenvalue weighted by atomic mass is 10.1. The van der Waals surface area contributed by atoms with E-state index in [0.29, 0.717) is 5.65 Å². The average Bonchev–Trinajstić information content (AvgIpc) is 2.87. The SMILES string of the molecule is C[C@H](N)c1ccc(Sc2ncnc3nc[nH]c23)cc1Br. The van der Waals surface area contributed by atoms with Crippen LogP contribution in [0.1, 0.15) is 18.5 Å². The van der Waals surface area contributed by atoms with Gasteiger partial charge in [0.2, 0.25) is 0 Å². The van der Waals surface area contributed by atoms with Crippen LogP contribution in [0.2, 0.25) is 0 Å². The number of hydrogen-bond donors (Lipinski definition) is 2. The van der Waals surface area contributed by atoms with E-state index in [-0.39, 0.29) is 6.04 Å². The minimum absolute atomic E-state index is 0.00166. The smallest absolute Gasteiger partial charge is 0.181 e. The molecular formula is C13H12BrN5S. The molecule has 20 heavy (non-hydrogen) atoms. The van der Waals surface area contributed by atoms with Gasteiger partial charge in [-0.15, -0.1) is 0 Å². The number of nitrogens with two attached hydrogens (primary N) is 1. The first-order valence-corrected chi connectivity index (χ1v) is 7.63. The predicted molar refractivity (Wildman–Crippen MR) is 82.6 cm³/mol. The van der Waals surface area contributed by atoms with E-state index < -0.39 is 0 Å². The molecule has 0 saturated carbocycles. The van der Waals surface area contributed by atoms with E-state index in [9.17, 15) is 0 Å². The number of nitrogens with zero attached hydrogens (tertiary/aromatic N) is 3. The Morgan fingerprint density at radius 2 is 2.15 bits per heavy atom. The van der Waals surface area contributed by atoms with Crippen LogP contribution in [0.25, 0.3) is 11.2 Å². The number of halogens is 1. The molecule has 0 bridgehead atoms. The van der Waals surface area contributed by atoms with Crippen LogP contribution in [0.4, 0.5) is 0 Å². The lowest BCUT2D eigenvalue weighted by Crippen LogP contribution is -2.05. The Morgan fingerprint density at radius 3 is 2.90 bits per heavy atom. The molecule has 1 aromatic carbocycles. The summed E-state index contributed by atoms with van der Waals surface area (Å²) in [5.41, 5.74) is 8.52. The van der Waals surface area contributed by atoms with E-state index in [4.69, 9.17) is 5.73 Å². The first kappa shape index (κ1) is 13.5. The fourth-order valence-electron chi connectivity index (χ4n) is 1.87. The normalized spacial score (nSPS) is 12.8. The van der Waals surface area contributed by atoms with E-state index >= 15 is 0 Å². The molecule has 0 amide bonds. The van der Waals surface area contributed by atoms with Crippen LogP contribution in [0, 0.1) is 0 Å². The van der Waals surface area contributed by atoms with Gasteiger partial charge >= 0.3 is 0 Å². The van der Waals surface area contributed by atoms with Gasteiger partial charge < -0.3 is 10.7 Å². The van der Waals surface area contributed by atoms with Gasteiger partial charge in [-0.2, -0.15) is 0 Å². The van der Waals surface area contributed by atoms with Gasteiger partial charge in [0, 0.05) is 15.4 Å². The number of imidazole rings is 1. The molecule has 3 rings (SSSR count). The van der Waals surface area contributed by atoms with Gasteiger partial charge in [0.05, 0.1) is 6.33 Å². The molecule has 7 heteroatoms. The first-order chi connectivity index (χ1) is 9.65. The standard InChI is InChI=1S/C13H12BrN5S/c1-7(15)9-3-2-8(4-10(9)14)20-13-11-12(17-5-16-11)18-6-19-13/h2-7H,15H2,1H3,(H,16,17,18,19)/t7-/m0/s1. The molecule has 2 heterocycles. The molecule has 0 aliphatic carbocycles. The maximum atomic E-state index is 5.91. The van der Waals surface area contributed by atoms with E-state index in [1.807, 2.05) is 25.1 Å². The molecule has 2 aromatic heterocycles. The van der Waals surface area contributed by atoms with Crippen LogP contribution < -0.4 is 5.73 Å². The van der Waals surface area contributed by atoms with Gasteiger partial charge in [0.25, 0.3) is 0 Å². The molecule has 3 aromatic rings. The number of aromatic nitrogens is 4. The summed E-state index contributed by atoms with van der Waals surface area (Å²) >= 11 is 5.12. The second-order valence-corrected chi connectivity index (χ2v) is 6.27. The number of rotatable bonds is 3. The van der Waals surface area contributed by atoms with Gasteiger partial charge in [-0.3, -0.25) is 0 Å². The molecular weight excluding hydrogens is 338 g/mol. The Kier molecular flexibility index (Phi) is 3.73. The molecule has 5 nitrogen and oxygen atoms in total.